The van der Waals surface area contributed by atoms with Gasteiger partial charge in [0.2, 0.25) is 0 Å². The molecule has 1 aromatic heterocycles. The highest BCUT2D eigenvalue weighted by atomic mass is 16.4. The van der Waals surface area contributed by atoms with Crippen LogP contribution in [0.3, 0.4) is 0 Å². The summed E-state index contributed by atoms with van der Waals surface area (Å²) in [6, 6.07) is 13.0. The van der Waals surface area contributed by atoms with Gasteiger partial charge in [-0.25, -0.2) is 9.48 Å². The second-order valence-corrected chi connectivity index (χ2v) is 4.82. The Labute approximate surface area is 116 Å². The van der Waals surface area contributed by atoms with E-state index >= 15 is 0 Å². The van der Waals surface area contributed by atoms with E-state index in [1.54, 1.807) is 12.1 Å². The van der Waals surface area contributed by atoms with Crippen molar-refractivity contribution in [2.75, 3.05) is 0 Å². The monoisotopic (exact) mass is 266 g/mol. The Balaban J connectivity index is 2.31. The number of hydrogen-bond acceptors (Lipinski definition) is 2. The van der Waals surface area contributed by atoms with E-state index in [1.807, 2.05) is 48.9 Å². The Morgan fingerprint density at radius 3 is 2.65 bits per heavy atom. The maximum absolute atomic E-state index is 11.1. The van der Waals surface area contributed by atoms with Crippen molar-refractivity contribution in [2.24, 2.45) is 0 Å². The summed E-state index contributed by atoms with van der Waals surface area (Å²) >= 11 is 0. The average Bonchev–Trinajstić information content (AvgIpc) is 2.77. The SMILES string of the molecule is Cc1ccc(C(=O)O)cc1-n1nc(C)c2ccccc21. The summed E-state index contributed by atoms with van der Waals surface area (Å²) in [4.78, 5) is 11.1. The van der Waals surface area contributed by atoms with Crippen molar-refractivity contribution in [3.63, 3.8) is 0 Å². The van der Waals surface area contributed by atoms with Crippen molar-refractivity contribution in [3.8, 4) is 5.69 Å². The molecule has 0 aliphatic rings. The third-order valence-electron chi connectivity index (χ3n) is 3.46. The molecule has 0 unspecified atom stereocenters. The van der Waals surface area contributed by atoms with E-state index in [0.717, 1.165) is 27.8 Å². The average molecular weight is 266 g/mol. The number of nitrogens with zero attached hydrogens (tertiary/aromatic N) is 2. The van der Waals surface area contributed by atoms with Crippen LogP contribution in [0.1, 0.15) is 21.6 Å². The van der Waals surface area contributed by atoms with Gasteiger partial charge < -0.3 is 5.11 Å². The summed E-state index contributed by atoms with van der Waals surface area (Å²) < 4.78 is 1.81. The maximum Gasteiger partial charge on any atom is 0.335 e. The fourth-order valence-corrected chi connectivity index (χ4v) is 2.38. The summed E-state index contributed by atoms with van der Waals surface area (Å²) in [5.74, 6) is -0.931. The Bertz CT molecular complexity index is 818. The number of hydrogen-bond donors (Lipinski definition) is 1. The number of fused-ring (bicyclic) bond motifs is 1. The van der Waals surface area contributed by atoms with Crippen LogP contribution in [-0.2, 0) is 0 Å². The van der Waals surface area contributed by atoms with Gasteiger partial charge >= 0.3 is 5.97 Å². The number of carbonyl (C=O) groups is 1. The largest absolute Gasteiger partial charge is 0.478 e. The molecule has 0 amide bonds. The van der Waals surface area contributed by atoms with Crippen molar-refractivity contribution in [1.29, 1.82) is 0 Å². The predicted octanol–water partition coefficient (Wildman–Crippen LogP) is 3.34. The van der Waals surface area contributed by atoms with Gasteiger partial charge in [0.15, 0.2) is 0 Å². The molecule has 1 N–H and O–H groups in total. The zero-order valence-electron chi connectivity index (χ0n) is 11.3. The van der Waals surface area contributed by atoms with Gasteiger partial charge in [-0.3, -0.25) is 0 Å². The van der Waals surface area contributed by atoms with Crippen LogP contribution in [0.5, 0.6) is 0 Å². The van der Waals surface area contributed by atoms with E-state index in [0.29, 0.717) is 0 Å². The number of carboxylic acids is 1. The first-order chi connectivity index (χ1) is 9.58. The quantitative estimate of drug-likeness (QED) is 0.774. The molecule has 0 atom stereocenters. The summed E-state index contributed by atoms with van der Waals surface area (Å²) in [6.45, 7) is 3.90. The van der Waals surface area contributed by atoms with Gasteiger partial charge in [-0.1, -0.05) is 24.3 Å². The second kappa shape index (κ2) is 4.49. The lowest BCUT2D eigenvalue weighted by atomic mass is 10.1. The Morgan fingerprint density at radius 1 is 1.15 bits per heavy atom. The van der Waals surface area contributed by atoms with Crippen LogP contribution in [0.4, 0.5) is 0 Å². The standard InChI is InChI=1S/C16H14N2O2/c1-10-7-8-12(16(19)20)9-15(10)18-14-6-4-3-5-13(14)11(2)17-18/h3-9H,1-2H3,(H,19,20). The number of aromatic carboxylic acids is 1. The Hall–Kier alpha value is -2.62. The molecule has 3 aromatic rings. The highest BCUT2D eigenvalue weighted by Gasteiger charge is 2.12. The number of aryl methyl sites for hydroxylation is 2. The number of benzene rings is 2. The summed E-state index contributed by atoms with van der Waals surface area (Å²) in [7, 11) is 0. The van der Waals surface area contributed by atoms with Gasteiger partial charge in [0.1, 0.15) is 0 Å². The second-order valence-electron chi connectivity index (χ2n) is 4.82. The summed E-state index contributed by atoms with van der Waals surface area (Å²) in [6.07, 6.45) is 0. The highest BCUT2D eigenvalue weighted by molar-refractivity contribution is 5.89. The third-order valence-corrected chi connectivity index (χ3v) is 3.46. The molecule has 0 saturated carbocycles. The molecule has 100 valence electrons. The maximum atomic E-state index is 11.1. The molecule has 0 radical (unpaired) electrons. The minimum atomic E-state index is -0.931. The van der Waals surface area contributed by atoms with Crippen molar-refractivity contribution >= 4 is 16.9 Å². The van der Waals surface area contributed by atoms with Crippen molar-refractivity contribution in [3.05, 3.63) is 59.3 Å². The van der Waals surface area contributed by atoms with Crippen molar-refractivity contribution < 1.29 is 9.90 Å². The molecule has 0 aliphatic carbocycles. The molecule has 2 aromatic carbocycles. The minimum Gasteiger partial charge on any atom is -0.478 e. The topological polar surface area (TPSA) is 55.1 Å². The lowest BCUT2D eigenvalue weighted by Gasteiger charge is -2.08. The molecule has 3 rings (SSSR count). The number of para-hydroxylation sites is 1. The van der Waals surface area contributed by atoms with Gasteiger partial charge in [0, 0.05) is 5.39 Å². The lowest BCUT2D eigenvalue weighted by Crippen LogP contribution is -2.03. The van der Waals surface area contributed by atoms with Gasteiger partial charge in [-0.05, 0) is 37.6 Å². The van der Waals surface area contributed by atoms with Crippen LogP contribution in [0.25, 0.3) is 16.6 Å². The summed E-state index contributed by atoms with van der Waals surface area (Å²) in [5.41, 5.74) is 3.97. The molecule has 0 aliphatic heterocycles. The molecule has 4 nitrogen and oxygen atoms in total. The van der Waals surface area contributed by atoms with E-state index in [1.165, 1.54) is 0 Å². The van der Waals surface area contributed by atoms with Gasteiger partial charge in [-0.15, -0.1) is 0 Å². The first kappa shape index (κ1) is 12.4. The van der Waals surface area contributed by atoms with Gasteiger partial charge in [-0.2, -0.15) is 5.10 Å². The van der Waals surface area contributed by atoms with Crippen molar-refractivity contribution in [1.82, 2.24) is 9.78 Å². The highest BCUT2D eigenvalue weighted by Crippen LogP contribution is 2.24. The molecule has 20 heavy (non-hydrogen) atoms. The molecule has 0 bridgehead atoms. The number of rotatable bonds is 2. The Kier molecular flexibility index (Phi) is 2.79. The molecule has 0 saturated heterocycles. The fraction of sp³-hybridized carbons (Fsp3) is 0.125. The fourth-order valence-electron chi connectivity index (χ4n) is 2.38. The van der Waals surface area contributed by atoms with Crippen LogP contribution in [0.2, 0.25) is 0 Å². The van der Waals surface area contributed by atoms with E-state index in [9.17, 15) is 4.79 Å². The summed E-state index contributed by atoms with van der Waals surface area (Å²) in [5, 5.41) is 14.8. The van der Waals surface area contributed by atoms with E-state index in [4.69, 9.17) is 5.11 Å². The number of aromatic nitrogens is 2. The number of carboxylic acid groups (broad SMARTS) is 1. The van der Waals surface area contributed by atoms with Crippen molar-refractivity contribution in [2.45, 2.75) is 13.8 Å². The van der Waals surface area contributed by atoms with Crippen LogP contribution in [0.15, 0.2) is 42.5 Å². The zero-order chi connectivity index (χ0) is 14.3. The van der Waals surface area contributed by atoms with E-state index in [-0.39, 0.29) is 5.56 Å². The molecule has 0 fully saturated rings. The Morgan fingerprint density at radius 2 is 1.90 bits per heavy atom. The van der Waals surface area contributed by atoms with E-state index < -0.39 is 5.97 Å². The molecular weight excluding hydrogens is 252 g/mol. The smallest absolute Gasteiger partial charge is 0.335 e. The molecule has 1 heterocycles. The van der Waals surface area contributed by atoms with Gasteiger partial charge in [0.25, 0.3) is 0 Å². The first-order valence-corrected chi connectivity index (χ1v) is 6.36. The zero-order valence-corrected chi connectivity index (χ0v) is 11.3. The normalized spacial score (nSPS) is 10.9. The van der Waals surface area contributed by atoms with Gasteiger partial charge in [0.05, 0.1) is 22.5 Å². The molecule has 0 spiro atoms. The molecule has 4 heteroatoms. The van der Waals surface area contributed by atoms with Crippen LogP contribution in [0, 0.1) is 13.8 Å². The van der Waals surface area contributed by atoms with E-state index in [2.05, 4.69) is 5.10 Å². The first-order valence-electron chi connectivity index (χ1n) is 6.36. The lowest BCUT2D eigenvalue weighted by molar-refractivity contribution is 0.0697. The van der Waals surface area contributed by atoms with Crippen LogP contribution in [-0.4, -0.2) is 20.9 Å². The predicted molar refractivity (Wildman–Crippen MR) is 77.5 cm³/mol. The third kappa shape index (κ3) is 1.86. The van der Waals surface area contributed by atoms with Crippen LogP contribution < -0.4 is 0 Å². The minimum absolute atomic E-state index is 0.267. The van der Waals surface area contributed by atoms with Crippen LogP contribution >= 0.6 is 0 Å². The molecular formula is C16H14N2O2.